The van der Waals surface area contributed by atoms with Gasteiger partial charge in [0.25, 0.3) is 5.91 Å². The molecule has 0 aromatic heterocycles. The van der Waals surface area contributed by atoms with Crippen molar-refractivity contribution in [3.05, 3.63) is 34.9 Å². The van der Waals surface area contributed by atoms with E-state index < -0.39 is 5.97 Å². The van der Waals surface area contributed by atoms with Crippen molar-refractivity contribution in [2.75, 3.05) is 13.1 Å². The number of aryl methyl sites for hydroxylation is 2. The normalized spacial score (nSPS) is 14.2. The van der Waals surface area contributed by atoms with Crippen molar-refractivity contribution in [2.24, 2.45) is 5.92 Å². The van der Waals surface area contributed by atoms with Crippen LogP contribution in [0.3, 0.4) is 0 Å². The highest BCUT2D eigenvalue weighted by Gasteiger charge is 2.29. The van der Waals surface area contributed by atoms with Crippen LogP contribution in [-0.4, -0.2) is 35.0 Å². The van der Waals surface area contributed by atoms with Crippen LogP contribution in [0.1, 0.15) is 34.3 Å². The minimum Gasteiger partial charge on any atom is -0.480 e. The molecule has 1 amide bonds. The highest BCUT2D eigenvalue weighted by Crippen LogP contribution is 2.30. The maximum absolute atomic E-state index is 12.5. The van der Waals surface area contributed by atoms with Crippen LogP contribution in [0.5, 0.6) is 0 Å². The molecule has 1 N–H and O–H groups in total. The summed E-state index contributed by atoms with van der Waals surface area (Å²) in [4.78, 5) is 24.9. The molecule has 0 aliphatic heterocycles. The van der Waals surface area contributed by atoms with Gasteiger partial charge in [-0.25, -0.2) is 0 Å². The Kier molecular flexibility index (Phi) is 3.88. The summed E-state index contributed by atoms with van der Waals surface area (Å²) in [6, 6.07) is 5.68. The van der Waals surface area contributed by atoms with Crippen molar-refractivity contribution in [1.82, 2.24) is 4.90 Å². The number of amides is 1. The molecule has 1 aromatic carbocycles. The third-order valence-electron chi connectivity index (χ3n) is 3.48. The predicted molar refractivity (Wildman–Crippen MR) is 72.2 cm³/mol. The molecule has 0 bridgehead atoms. The van der Waals surface area contributed by atoms with E-state index in [1.165, 1.54) is 4.90 Å². The lowest BCUT2D eigenvalue weighted by atomic mass is 10.0. The monoisotopic (exact) mass is 261 g/mol. The zero-order valence-corrected chi connectivity index (χ0v) is 11.3. The van der Waals surface area contributed by atoms with Crippen molar-refractivity contribution in [3.8, 4) is 0 Å². The molecule has 19 heavy (non-hydrogen) atoms. The number of rotatable bonds is 5. The van der Waals surface area contributed by atoms with Crippen LogP contribution in [0.25, 0.3) is 0 Å². The first-order valence-corrected chi connectivity index (χ1v) is 6.56. The largest absolute Gasteiger partial charge is 0.480 e. The second kappa shape index (κ2) is 5.43. The first kappa shape index (κ1) is 13.6. The number of aliphatic carboxylic acids is 1. The number of carboxylic acid groups (broad SMARTS) is 1. The smallest absolute Gasteiger partial charge is 0.323 e. The SMILES string of the molecule is Cc1cccc(C)c1C(=O)N(CC(=O)O)CC1CC1. The third-order valence-corrected chi connectivity index (χ3v) is 3.48. The van der Waals surface area contributed by atoms with Gasteiger partial charge >= 0.3 is 5.97 Å². The first-order valence-electron chi connectivity index (χ1n) is 6.56. The number of hydrogen-bond donors (Lipinski definition) is 1. The fourth-order valence-corrected chi connectivity index (χ4v) is 2.30. The molecule has 102 valence electrons. The first-order chi connectivity index (χ1) is 8.99. The van der Waals surface area contributed by atoms with Crippen LogP contribution in [0.2, 0.25) is 0 Å². The fourth-order valence-electron chi connectivity index (χ4n) is 2.30. The van der Waals surface area contributed by atoms with Crippen LogP contribution in [0, 0.1) is 19.8 Å². The molecule has 0 spiro atoms. The highest BCUT2D eigenvalue weighted by atomic mass is 16.4. The molecule has 0 atom stereocenters. The van der Waals surface area contributed by atoms with E-state index in [0.717, 1.165) is 24.0 Å². The fraction of sp³-hybridized carbons (Fsp3) is 0.467. The van der Waals surface area contributed by atoms with Crippen molar-refractivity contribution < 1.29 is 14.7 Å². The molecule has 1 aliphatic carbocycles. The van der Waals surface area contributed by atoms with Gasteiger partial charge in [-0.05, 0) is 43.7 Å². The summed E-state index contributed by atoms with van der Waals surface area (Å²) in [5.74, 6) is -0.641. The van der Waals surface area contributed by atoms with Crippen LogP contribution in [0.4, 0.5) is 0 Å². The molecule has 1 aliphatic rings. The lowest BCUT2D eigenvalue weighted by molar-refractivity contribution is -0.137. The van der Waals surface area contributed by atoms with Gasteiger partial charge in [-0.2, -0.15) is 0 Å². The molecule has 4 heteroatoms. The summed E-state index contributed by atoms with van der Waals surface area (Å²) in [7, 11) is 0. The summed E-state index contributed by atoms with van der Waals surface area (Å²) in [6.07, 6.45) is 2.19. The van der Waals surface area contributed by atoms with E-state index in [-0.39, 0.29) is 12.5 Å². The van der Waals surface area contributed by atoms with Gasteiger partial charge in [0.15, 0.2) is 0 Å². The molecular weight excluding hydrogens is 242 g/mol. The Bertz CT molecular complexity index is 486. The lowest BCUT2D eigenvalue weighted by Crippen LogP contribution is -2.37. The minimum atomic E-state index is -0.958. The molecule has 0 saturated heterocycles. The molecule has 0 heterocycles. The standard InChI is InChI=1S/C15H19NO3/c1-10-4-3-5-11(2)14(10)15(19)16(9-13(17)18)8-12-6-7-12/h3-5,12H,6-9H2,1-2H3,(H,17,18). The number of nitrogens with zero attached hydrogens (tertiary/aromatic N) is 1. The van der Waals surface area contributed by atoms with Gasteiger partial charge < -0.3 is 10.0 Å². The Labute approximate surface area is 113 Å². The van der Waals surface area contributed by atoms with E-state index in [2.05, 4.69) is 0 Å². The number of hydrogen-bond acceptors (Lipinski definition) is 2. The summed E-state index contributed by atoms with van der Waals surface area (Å²) in [6.45, 7) is 4.11. The average molecular weight is 261 g/mol. The summed E-state index contributed by atoms with van der Waals surface area (Å²) in [5.41, 5.74) is 2.44. The molecule has 4 nitrogen and oxygen atoms in total. The van der Waals surface area contributed by atoms with Crippen molar-refractivity contribution in [1.29, 1.82) is 0 Å². The zero-order chi connectivity index (χ0) is 14.0. The summed E-state index contributed by atoms with van der Waals surface area (Å²) in [5, 5.41) is 8.96. The van der Waals surface area contributed by atoms with E-state index in [4.69, 9.17) is 5.11 Å². The summed E-state index contributed by atoms with van der Waals surface area (Å²) >= 11 is 0. The van der Waals surface area contributed by atoms with E-state index >= 15 is 0 Å². The minimum absolute atomic E-state index is 0.162. The maximum atomic E-state index is 12.5. The summed E-state index contributed by atoms with van der Waals surface area (Å²) < 4.78 is 0. The van der Waals surface area contributed by atoms with Gasteiger partial charge in [0, 0.05) is 12.1 Å². The van der Waals surface area contributed by atoms with E-state index in [0.29, 0.717) is 18.0 Å². The highest BCUT2D eigenvalue weighted by molar-refractivity contribution is 5.98. The quantitative estimate of drug-likeness (QED) is 0.884. The number of carbonyl (C=O) groups is 2. The molecule has 2 rings (SSSR count). The Hall–Kier alpha value is -1.84. The van der Waals surface area contributed by atoms with Crippen LogP contribution in [-0.2, 0) is 4.79 Å². The van der Waals surface area contributed by atoms with Crippen LogP contribution < -0.4 is 0 Å². The van der Waals surface area contributed by atoms with Gasteiger partial charge in [0.05, 0.1) is 0 Å². The Balaban J connectivity index is 2.24. The van der Waals surface area contributed by atoms with Gasteiger partial charge in [0.2, 0.25) is 0 Å². The van der Waals surface area contributed by atoms with E-state index in [1.54, 1.807) is 0 Å². The number of carboxylic acids is 1. The van der Waals surface area contributed by atoms with Crippen molar-refractivity contribution in [2.45, 2.75) is 26.7 Å². The Morgan fingerprint density at radius 1 is 1.26 bits per heavy atom. The van der Waals surface area contributed by atoms with E-state index in [1.807, 2.05) is 32.0 Å². The van der Waals surface area contributed by atoms with Crippen LogP contribution >= 0.6 is 0 Å². The van der Waals surface area contributed by atoms with Gasteiger partial charge in [0.1, 0.15) is 6.54 Å². The van der Waals surface area contributed by atoms with Crippen LogP contribution in [0.15, 0.2) is 18.2 Å². The second-order valence-corrected chi connectivity index (χ2v) is 5.29. The molecule has 1 aromatic rings. The second-order valence-electron chi connectivity index (χ2n) is 5.29. The number of carbonyl (C=O) groups excluding carboxylic acids is 1. The zero-order valence-electron chi connectivity index (χ0n) is 11.3. The molecule has 1 saturated carbocycles. The lowest BCUT2D eigenvalue weighted by Gasteiger charge is -2.22. The molecule has 1 fully saturated rings. The average Bonchev–Trinajstić information content (AvgIpc) is 3.11. The third kappa shape index (κ3) is 3.34. The van der Waals surface area contributed by atoms with Gasteiger partial charge in [-0.3, -0.25) is 9.59 Å². The van der Waals surface area contributed by atoms with Gasteiger partial charge in [-0.1, -0.05) is 18.2 Å². The van der Waals surface area contributed by atoms with E-state index in [9.17, 15) is 9.59 Å². The predicted octanol–water partition coefficient (Wildman–Crippen LogP) is 2.24. The molecule has 0 radical (unpaired) electrons. The molecular formula is C15H19NO3. The topological polar surface area (TPSA) is 57.6 Å². The van der Waals surface area contributed by atoms with Crippen molar-refractivity contribution in [3.63, 3.8) is 0 Å². The van der Waals surface area contributed by atoms with Gasteiger partial charge in [-0.15, -0.1) is 0 Å². The maximum Gasteiger partial charge on any atom is 0.323 e. The Morgan fingerprint density at radius 3 is 2.32 bits per heavy atom. The molecule has 0 unspecified atom stereocenters. The Morgan fingerprint density at radius 2 is 1.84 bits per heavy atom. The van der Waals surface area contributed by atoms with Crippen molar-refractivity contribution >= 4 is 11.9 Å². The number of benzene rings is 1.